The van der Waals surface area contributed by atoms with Crippen LogP contribution in [-0.4, -0.2) is 5.97 Å². The van der Waals surface area contributed by atoms with Crippen molar-refractivity contribution in [2.45, 2.75) is 6.92 Å². The Morgan fingerprint density at radius 1 is 1.24 bits per heavy atom. The second-order valence-corrected chi connectivity index (χ2v) is 4.42. The molecule has 0 aliphatic carbocycles. The molecule has 0 amide bonds. The predicted molar refractivity (Wildman–Crippen MR) is 77.0 cm³/mol. The zero-order chi connectivity index (χ0) is 15.2. The second kappa shape index (κ2) is 6.49. The summed E-state index contributed by atoms with van der Waals surface area (Å²) in [4.78, 5) is 11.6. The minimum Gasteiger partial charge on any atom is -0.423 e. The van der Waals surface area contributed by atoms with Gasteiger partial charge in [-0.25, -0.2) is 9.18 Å². The van der Waals surface area contributed by atoms with Gasteiger partial charge in [0.05, 0.1) is 5.56 Å². The Bertz CT molecular complexity index is 727. The number of ether oxygens (including phenoxy) is 1. The molecule has 2 aromatic rings. The molecule has 0 aliphatic rings. The van der Waals surface area contributed by atoms with Gasteiger partial charge in [0.15, 0.2) is 0 Å². The highest BCUT2D eigenvalue weighted by atomic mass is 19.1. The maximum Gasteiger partial charge on any atom is 0.336 e. The fourth-order valence-corrected chi connectivity index (χ4v) is 1.64. The van der Waals surface area contributed by atoms with Crippen molar-refractivity contribution in [1.29, 1.82) is 5.26 Å². The third-order valence-corrected chi connectivity index (χ3v) is 2.77. The average molecular weight is 281 g/mol. The van der Waals surface area contributed by atoms with Gasteiger partial charge in [-0.3, -0.25) is 0 Å². The van der Waals surface area contributed by atoms with Crippen LogP contribution in [0.25, 0.3) is 6.08 Å². The van der Waals surface area contributed by atoms with Gasteiger partial charge in [-0.15, -0.1) is 0 Å². The van der Waals surface area contributed by atoms with Crippen LogP contribution in [0.5, 0.6) is 5.75 Å². The maximum atomic E-state index is 13.4. The Hall–Kier alpha value is -2.93. The number of carbonyl (C=O) groups excluding carboxylic acids is 1. The summed E-state index contributed by atoms with van der Waals surface area (Å²) < 4.78 is 18.3. The van der Waals surface area contributed by atoms with E-state index in [9.17, 15) is 9.18 Å². The molecule has 0 aliphatic heterocycles. The lowest BCUT2D eigenvalue weighted by Gasteiger charge is -2.02. The van der Waals surface area contributed by atoms with E-state index in [0.717, 1.165) is 17.2 Å². The predicted octanol–water partition coefficient (Wildman–Crippen LogP) is 3.62. The zero-order valence-corrected chi connectivity index (χ0v) is 11.3. The summed E-state index contributed by atoms with van der Waals surface area (Å²) in [6, 6.07) is 13.0. The molecule has 104 valence electrons. The molecule has 0 radical (unpaired) electrons. The van der Waals surface area contributed by atoms with Crippen molar-refractivity contribution in [3.05, 3.63) is 71.0 Å². The van der Waals surface area contributed by atoms with E-state index in [2.05, 4.69) is 0 Å². The maximum absolute atomic E-state index is 13.4. The highest BCUT2D eigenvalue weighted by Gasteiger charge is 2.06. The minimum absolute atomic E-state index is 0.0602. The van der Waals surface area contributed by atoms with E-state index in [1.807, 2.05) is 31.2 Å². The first-order chi connectivity index (χ1) is 10.1. The minimum atomic E-state index is -0.717. The standard InChI is InChI=1S/C17H12FNO2/c1-12-2-4-13(5-3-12)6-9-17(20)21-15-8-7-14(11-19)16(18)10-15/h2-10H,1H3. The molecule has 2 rings (SSSR count). The molecule has 0 bridgehead atoms. The van der Waals surface area contributed by atoms with E-state index >= 15 is 0 Å². The summed E-state index contributed by atoms with van der Waals surface area (Å²) >= 11 is 0. The second-order valence-electron chi connectivity index (χ2n) is 4.42. The molecule has 0 aromatic heterocycles. The fraction of sp³-hybridized carbons (Fsp3) is 0.0588. The fourth-order valence-electron chi connectivity index (χ4n) is 1.64. The highest BCUT2D eigenvalue weighted by Crippen LogP contribution is 2.16. The first kappa shape index (κ1) is 14.5. The van der Waals surface area contributed by atoms with E-state index in [0.29, 0.717) is 0 Å². The van der Waals surface area contributed by atoms with Crippen LogP contribution in [0.3, 0.4) is 0 Å². The number of esters is 1. The van der Waals surface area contributed by atoms with Gasteiger partial charge in [0, 0.05) is 12.1 Å². The molecular weight excluding hydrogens is 269 g/mol. The van der Waals surface area contributed by atoms with Crippen LogP contribution in [0.15, 0.2) is 48.5 Å². The van der Waals surface area contributed by atoms with Crippen LogP contribution in [0, 0.1) is 24.1 Å². The van der Waals surface area contributed by atoms with Crippen molar-refractivity contribution in [3.63, 3.8) is 0 Å². The Morgan fingerprint density at radius 3 is 2.57 bits per heavy atom. The topological polar surface area (TPSA) is 50.1 Å². The van der Waals surface area contributed by atoms with Gasteiger partial charge in [0.2, 0.25) is 0 Å². The molecule has 3 nitrogen and oxygen atoms in total. The van der Waals surface area contributed by atoms with E-state index in [4.69, 9.17) is 10.00 Å². The molecule has 0 heterocycles. The molecule has 0 atom stereocenters. The van der Waals surface area contributed by atoms with Crippen LogP contribution < -0.4 is 4.74 Å². The van der Waals surface area contributed by atoms with E-state index in [1.54, 1.807) is 12.1 Å². The van der Waals surface area contributed by atoms with Crippen molar-refractivity contribution in [3.8, 4) is 11.8 Å². The smallest absolute Gasteiger partial charge is 0.336 e. The van der Waals surface area contributed by atoms with Crippen LogP contribution in [0.2, 0.25) is 0 Å². The lowest BCUT2D eigenvalue weighted by atomic mass is 10.1. The number of rotatable bonds is 3. The van der Waals surface area contributed by atoms with Crippen LogP contribution in [0.1, 0.15) is 16.7 Å². The molecule has 21 heavy (non-hydrogen) atoms. The number of nitrogens with zero attached hydrogens (tertiary/aromatic N) is 1. The van der Waals surface area contributed by atoms with Crippen LogP contribution in [-0.2, 0) is 4.79 Å². The van der Waals surface area contributed by atoms with Gasteiger partial charge in [0.25, 0.3) is 0 Å². The van der Waals surface area contributed by atoms with Gasteiger partial charge in [-0.1, -0.05) is 29.8 Å². The Morgan fingerprint density at radius 2 is 1.95 bits per heavy atom. The van der Waals surface area contributed by atoms with Gasteiger partial charge in [-0.2, -0.15) is 5.26 Å². The summed E-state index contributed by atoms with van der Waals surface area (Å²) in [5.74, 6) is -1.27. The molecule has 0 saturated carbocycles. The Balaban J connectivity index is 2.03. The summed E-state index contributed by atoms with van der Waals surface area (Å²) in [6.45, 7) is 1.97. The first-order valence-corrected chi connectivity index (χ1v) is 6.25. The van der Waals surface area contributed by atoms with Gasteiger partial charge >= 0.3 is 5.97 Å². The first-order valence-electron chi connectivity index (χ1n) is 6.25. The normalized spacial score (nSPS) is 10.3. The third kappa shape index (κ3) is 4.02. The number of benzene rings is 2. The largest absolute Gasteiger partial charge is 0.423 e. The van der Waals surface area contributed by atoms with Crippen LogP contribution in [0.4, 0.5) is 4.39 Å². The average Bonchev–Trinajstić information content (AvgIpc) is 2.47. The molecule has 0 unspecified atom stereocenters. The Labute approximate surface area is 121 Å². The number of hydrogen-bond donors (Lipinski definition) is 0. The SMILES string of the molecule is Cc1ccc(C=CC(=O)Oc2ccc(C#N)c(F)c2)cc1. The highest BCUT2D eigenvalue weighted by molar-refractivity contribution is 5.88. The van der Waals surface area contributed by atoms with E-state index in [1.165, 1.54) is 18.2 Å². The van der Waals surface area contributed by atoms with Gasteiger partial charge < -0.3 is 4.74 Å². The lowest BCUT2D eigenvalue weighted by Crippen LogP contribution is -2.04. The number of aryl methyl sites for hydroxylation is 1. The molecule has 0 fully saturated rings. The van der Waals surface area contributed by atoms with Crippen molar-refractivity contribution < 1.29 is 13.9 Å². The summed E-state index contributed by atoms with van der Waals surface area (Å²) in [7, 11) is 0. The molecule has 0 saturated heterocycles. The molecule has 0 spiro atoms. The lowest BCUT2D eigenvalue weighted by molar-refractivity contribution is -0.128. The van der Waals surface area contributed by atoms with Crippen molar-refractivity contribution in [2.75, 3.05) is 0 Å². The van der Waals surface area contributed by atoms with Crippen molar-refractivity contribution in [2.24, 2.45) is 0 Å². The quantitative estimate of drug-likeness (QED) is 0.490. The van der Waals surface area contributed by atoms with Crippen LogP contribution >= 0.6 is 0 Å². The number of nitriles is 1. The monoisotopic (exact) mass is 281 g/mol. The summed E-state index contributed by atoms with van der Waals surface area (Å²) in [5, 5.41) is 8.61. The number of hydrogen-bond acceptors (Lipinski definition) is 3. The van der Waals surface area contributed by atoms with E-state index < -0.39 is 11.8 Å². The number of carbonyl (C=O) groups is 1. The zero-order valence-electron chi connectivity index (χ0n) is 11.3. The Kier molecular flexibility index (Phi) is 4.47. The van der Waals surface area contributed by atoms with Crippen molar-refractivity contribution >= 4 is 12.0 Å². The van der Waals surface area contributed by atoms with Crippen molar-refractivity contribution in [1.82, 2.24) is 0 Å². The summed E-state index contributed by atoms with van der Waals surface area (Å²) in [5.41, 5.74) is 1.90. The number of halogens is 1. The third-order valence-electron chi connectivity index (χ3n) is 2.77. The summed E-state index contributed by atoms with van der Waals surface area (Å²) in [6.07, 6.45) is 2.88. The van der Waals surface area contributed by atoms with Gasteiger partial charge in [-0.05, 0) is 30.7 Å². The van der Waals surface area contributed by atoms with Gasteiger partial charge in [0.1, 0.15) is 17.6 Å². The molecule has 0 N–H and O–H groups in total. The van der Waals surface area contributed by atoms with E-state index in [-0.39, 0.29) is 11.3 Å². The molecule has 2 aromatic carbocycles. The molecular formula is C17H12FNO2. The molecule has 4 heteroatoms.